The summed E-state index contributed by atoms with van der Waals surface area (Å²) in [6.07, 6.45) is 2.76. The maximum Gasteiger partial charge on any atom is 0.227 e. The molecule has 2 heterocycles. The maximum absolute atomic E-state index is 13.4. The lowest BCUT2D eigenvalue weighted by Crippen LogP contribution is -2.27. The number of amides is 1. The Morgan fingerprint density at radius 3 is 2.92 bits per heavy atom. The van der Waals surface area contributed by atoms with Gasteiger partial charge in [-0.1, -0.05) is 12.1 Å². The zero-order valence-electron chi connectivity index (χ0n) is 14.9. The molecule has 2 aromatic rings. The first-order valence-electron chi connectivity index (χ1n) is 8.92. The summed E-state index contributed by atoms with van der Waals surface area (Å²) < 4.78 is 20.4. The number of benzene rings is 1. The van der Waals surface area contributed by atoms with Crippen molar-refractivity contribution < 1.29 is 13.9 Å². The van der Waals surface area contributed by atoms with Crippen molar-refractivity contribution in [2.24, 2.45) is 7.05 Å². The van der Waals surface area contributed by atoms with Crippen LogP contribution < -0.4 is 15.4 Å². The minimum absolute atomic E-state index is 0.158. The predicted octanol–water partition coefficient (Wildman–Crippen LogP) is 2.22. The third-order valence-corrected chi connectivity index (χ3v) is 4.38. The van der Waals surface area contributed by atoms with Crippen LogP contribution in [-0.2, 0) is 11.8 Å². The van der Waals surface area contributed by atoms with E-state index in [2.05, 4.69) is 20.7 Å². The highest BCUT2D eigenvalue weighted by Gasteiger charge is 2.21. The van der Waals surface area contributed by atoms with Crippen molar-refractivity contribution in [3.05, 3.63) is 35.9 Å². The van der Waals surface area contributed by atoms with Crippen molar-refractivity contribution >= 4 is 11.9 Å². The first-order chi connectivity index (χ1) is 12.6. The zero-order chi connectivity index (χ0) is 18.4. The molecule has 0 aliphatic carbocycles. The SMILES string of the molecule is Cn1nc(C2CCNCC2)nc1NC(=O)CCCOc1ccccc1F. The molecular weight excluding hydrogens is 337 g/mol. The van der Waals surface area contributed by atoms with Gasteiger partial charge >= 0.3 is 0 Å². The van der Waals surface area contributed by atoms with Gasteiger partial charge in [-0.3, -0.25) is 10.1 Å². The Hall–Kier alpha value is -2.48. The van der Waals surface area contributed by atoms with Crippen LogP contribution in [0.3, 0.4) is 0 Å². The quantitative estimate of drug-likeness (QED) is 0.739. The lowest BCUT2D eigenvalue weighted by atomic mass is 9.98. The Morgan fingerprint density at radius 2 is 2.15 bits per heavy atom. The minimum atomic E-state index is -0.401. The van der Waals surface area contributed by atoms with Gasteiger partial charge in [0.05, 0.1) is 6.61 Å². The summed E-state index contributed by atoms with van der Waals surface area (Å²) in [5.74, 6) is 1.22. The van der Waals surface area contributed by atoms with Gasteiger partial charge in [0, 0.05) is 19.4 Å². The zero-order valence-corrected chi connectivity index (χ0v) is 14.9. The monoisotopic (exact) mass is 361 g/mol. The Morgan fingerprint density at radius 1 is 1.38 bits per heavy atom. The van der Waals surface area contributed by atoms with E-state index in [1.165, 1.54) is 6.07 Å². The fourth-order valence-electron chi connectivity index (χ4n) is 2.93. The molecule has 7 nitrogen and oxygen atoms in total. The van der Waals surface area contributed by atoms with Crippen LogP contribution in [0.15, 0.2) is 24.3 Å². The van der Waals surface area contributed by atoms with Crippen molar-refractivity contribution in [1.29, 1.82) is 0 Å². The molecule has 1 amide bonds. The fourth-order valence-corrected chi connectivity index (χ4v) is 2.93. The number of piperidine rings is 1. The Labute approximate surface area is 151 Å². The highest BCUT2D eigenvalue weighted by atomic mass is 19.1. The van der Waals surface area contributed by atoms with E-state index in [-0.39, 0.29) is 24.7 Å². The van der Waals surface area contributed by atoms with Crippen LogP contribution in [0, 0.1) is 5.82 Å². The van der Waals surface area contributed by atoms with Crippen LogP contribution in [0.1, 0.15) is 37.4 Å². The predicted molar refractivity (Wildman–Crippen MR) is 95.6 cm³/mol. The summed E-state index contributed by atoms with van der Waals surface area (Å²) in [5.41, 5.74) is 0. The summed E-state index contributed by atoms with van der Waals surface area (Å²) in [4.78, 5) is 16.6. The Bertz CT molecular complexity index is 743. The van der Waals surface area contributed by atoms with Crippen molar-refractivity contribution in [3.63, 3.8) is 0 Å². The van der Waals surface area contributed by atoms with E-state index in [4.69, 9.17) is 4.74 Å². The summed E-state index contributed by atoms with van der Waals surface area (Å²) in [6.45, 7) is 2.20. The summed E-state index contributed by atoms with van der Waals surface area (Å²) in [7, 11) is 1.77. The molecule has 1 fully saturated rings. The number of para-hydroxylation sites is 1. The third kappa shape index (κ3) is 4.78. The minimum Gasteiger partial charge on any atom is -0.491 e. The van der Waals surface area contributed by atoms with E-state index in [9.17, 15) is 9.18 Å². The number of nitrogens with zero attached hydrogens (tertiary/aromatic N) is 3. The number of hydrogen-bond donors (Lipinski definition) is 2. The van der Waals surface area contributed by atoms with Gasteiger partial charge in [-0.2, -0.15) is 10.1 Å². The van der Waals surface area contributed by atoms with E-state index >= 15 is 0 Å². The van der Waals surface area contributed by atoms with Crippen LogP contribution in [0.4, 0.5) is 10.3 Å². The second-order valence-corrected chi connectivity index (χ2v) is 6.37. The first kappa shape index (κ1) is 18.3. The number of halogens is 1. The first-order valence-corrected chi connectivity index (χ1v) is 8.92. The fraction of sp³-hybridized carbons (Fsp3) is 0.500. The second kappa shape index (κ2) is 8.75. The normalized spacial score (nSPS) is 15.0. The summed E-state index contributed by atoms with van der Waals surface area (Å²) in [6, 6.07) is 6.22. The number of nitrogens with one attached hydrogen (secondary N) is 2. The molecule has 0 radical (unpaired) electrons. The van der Waals surface area contributed by atoms with Gasteiger partial charge in [0.2, 0.25) is 11.9 Å². The average molecular weight is 361 g/mol. The number of carbonyl (C=O) groups excluding carboxylic acids is 1. The molecule has 1 aliphatic rings. The number of aromatic nitrogens is 3. The van der Waals surface area contributed by atoms with E-state index in [0.717, 1.165) is 31.8 Å². The number of rotatable bonds is 7. The lowest BCUT2D eigenvalue weighted by Gasteiger charge is -2.19. The van der Waals surface area contributed by atoms with Gasteiger partial charge in [-0.05, 0) is 44.5 Å². The summed E-state index contributed by atoms with van der Waals surface area (Å²) >= 11 is 0. The van der Waals surface area contributed by atoms with Crippen molar-refractivity contribution in [2.75, 3.05) is 25.0 Å². The van der Waals surface area contributed by atoms with Gasteiger partial charge in [-0.25, -0.2) is 9.07 Å². The Balaban J connectivity index is 1.44. The number of anilines is 1. The molecule has 1 saturated heterocycles. The average Bonchev–Trinajstić information content (AvgIpc) is 3.01. The molecule has 0 unspecified atom stereocenters. The van der Waals surface area contributed by atoms with Gasteiger partial charge in [0.1, 0.15) is 0 Å². The van der Waals surface area contributed by atoms with Gasteiger partial charge < -0.3 is 10.1 Å². The number of carbonyl (C=O) groups is 1. The molecule has 140 valence electrons. The molecular formula is C18H24FN5O2. The van der Waals surface area contributed by atoms with Gasteiger partial charge in [0.25, 0.3) is 0 Å². The topological polar surface area (TPSA) is 81.1 Å². The summed E-state index contributed by atoms with van der Waals surface area (Å²) in [5, 5.41) is 10.5. The van der Waals surface area contributed by atoms with Crippen LogP contribution in [0.5, 0.6) is 5.75 Å². The molecule has 0 spiro atoms. The van der Waals surface area contributed by atoms with Crippen molar-refractivity contribution in [3.8, 4) is 5.75 Å². The van der Waals surface area contributed by atoms with Crippen LogP contribution in [0.25, 0.3) is 0 Å². The Kier molecular flexibility index (Phi) is 6.17. The van der Waals surface area contributed by atoms with Crippen molar-refractivity contribution in [2.45, 2.75) is 31.6 Å². The van der Waals surface area contributed by atoms with Gasteiger partial charge in [-0.15, -0.1) is 0 Å². The van der Waals surface area contributed by atoms with Gasteiger partial charge in [0.15, 0.2) is 17.4 Å². The van der Waals surface area contributed by atoms with E-state index in [1.807, 2.05) is 0 Å². The smallest absolute Gasteiger partial charge is 0.227 e. The molecule has 0 saturated carbocycles. The highest BCUT2D eigenvalue weighted by molar-refractivity contribution is 5.88. The standard InChI is InChI=1S/C18H24FN5O2/c1-24-18(22-17(23-24)13-8-10-20-11-9-13)21-16(25)7-4-12-26-15-6-3-2-5-14(15)19/h2-3,5-6,13,20H,4,7-12H2,1H3,(H,21,22,23,25). The van der Waals surface area contributed by atoms with E-state index in [1.54, 1.807) is 29.9 Å². The lowest BCUT2D eigenvalue weighted by molar-refractivity contribution is -0.116. The van der Waals surface area contributed by atoms with Crippen LogP contribution >= 0.6 is 0 Å². The largest absolute Gasteiger partial charge is 0.491 e. The molecule has 1 aromatic heterocycles. The molecule has 2 N–H and O–H groups in total. The number of aryl methyl sites for hydroxylation is 1. The molecule has 1 aliphatic heterocycles. The van der Waals surface area contributed by atoms with Crippen LogP contribution in [0.2, 0.25) is 0 Å². The highest BCUT2D eigenvalue weighted by Crippen LogP contribution is 2.23. The van der Waals surface area contributed by atoms with Crippen LogP contribution in [-0.4, -0.2) is 40.4 Å². The molecule has 3 rings (SSSR count). The third-order valence-electron chi connectivity index (χ3n) is 4.38. The van der Waals surface area contributed by atoms with E-state index < -0.39 is 5.82 Å². The molecule has 0 bridgehead atoms. The molecule has 0 atom stereocenters. The van der Waals surface area contributed by atoms with Crippen molar-refractivity contribution in [1.82, 2.24) is 20.1 Å². The molecule has 8 heteroatoms. The molecule has 26 heavy (non-hydrogen) atoms. The second-order valence-electron chi connectivity index (χ2n) is 6.37. The number of ether oxygens (including phenoxy) is 1. The number of hydrogen-bond acceptors (Lipinski definition) is 5. The van der Waals surface area contributed by atoms with E-state index in [0.29, 0.717) is 18.3 Å². The molecule has 1 aromatic carbocycles. The maximum atomic E-state index is 13.4.